The van der Waals surface area contributed by atoms with Gasteiger partial charge >= 0.3 is 11.9 Å². The van der Waals surface area contributed by atoms with Crippen molar-refractivity contribution in [1.29, 1.82) is 5.41 Å². The summed E-state index contributed by atoms with van der Waals surface area (Å²) in [5.74, 6) is -1.34. The topological polar surface area (TPSA) is 123 Å². The predicted octanol–water partition coefficient (Wildman–Crippen LogP) is 4.32. The fourth-order valence-corrected chi connectivity index (χ4v) is 2.79. The van der Waals surface area contributed by atoms with Crippen LogP contribution < -0.4 is 5.32 Å². The minimum Gasteiger partial charge on any atom is -0.478 e. The Morgan fingerprint density at radius 1 is 0.906 bits per heavy atom. The van der Waals surface area contributed by atoms with Gasteiger partial charge in [0.05, 0.1) is 0 Å². The zero-order valence-electron chi connectivity index (χ0n) is 17.7. The zero-order valence-corrected chi connectivity index (χ0v) is 17.7. The number of aromatic nitrogens is 1. The first-order chi connectivity index (χ1) is 15.3. The Hall–Kier alpha value is -4.26. The van der Waals surface area contributed by atoms with Crippen LogP contribution in [0.1, 0.15) is 22.4 Å². The Kier molecular flexibility index (Phi) is 9.33. The molecule has 0 aliphatic rings. The van der Waals surface area contributed by atoms with Crippen molar-refractivity contribution >= 4 is 23.6 Å². The van der Waals surface area contributed by atoms with Crippen LogP contribution in [0.15, 0.2) is 84.9 Å². The third-order valence-corrected chi connectivity index (χ3v) is 4.31. The number of benzene rings is 2. The second-order valence-corrected chi connectivity index (χ2v) is 6.89. The number of aryl methyl sites for hydroxylation is 1. The van der Waals surface area contributed by atoms with E-state index >= 15 is 0 Å². The largest absolute Gasteiger partial charge is 0.478 e. The highest BCUT2D eigenvalue weighted by atomic mass is 16.4. The molecule has 3 rings (SSSR count). The van der Waals surface area contributed by atoms with Crippen LogP contribution in [0.2, 0.25) is 0 Å². The van der Waals surface area contributed by atoms with E-state index in [1.54, 1.807) is 0 Å². The highest BCUT2D eigenvalue weighted by Crippen LogP contribution is 2.14. The highest BCUT2D eigenvalue weighted by Gasteiger charge is 2.04. The van der Waals surface area contributed by atoms with Crippen molar-refractivity contribution < 1.29 is 19.8 Å². The average molecular weight is 431 g/mol. The molecule has 164 valence electrons. The van der Waals surface area contributed by atoms with E-state index in [1.165, 1.54) is 11.1 Å². The average Bonchev–Trinajstić information content (AvgIpc) is 2.75. The Balaban J connectivity index is 0.000000390. The molecule has 0 atom stereocenters. The summed E-state index contributed by atoms with van der Waals surface area (Å²) in [7, 11) is 0. The van der Waals surface area contributed by atoms with Gasteiger partial charge in [-0.3, -0.25) is 5.41 Å². The number of aliphatic carboxylic acids is 2. The molecule has 2 aromatic carbocycles. The zero-order chi connectivity index (χ0) is 23.3. The van der Waals surface area contributed by atoms with Crippen molar-refractivity contribution in [2.24, 2.45) is 0 Å². The van der Waals surface area contributed by atoms with E-state index in [0.29, 0.717) is 24.4 Å². The lowest BCUT2D eigenvalue weighted by Crippen LogP contribution is -2.14. The molecular weight excluding hydrogens is 406 g/mol. The molecule has 0 radical (unpaired) electrons. The Bertz CT molecular complexity index is 1080. The fourth-order valence-electron chi connectivity index (χ4n) is 2.79. The second-order valence-electron chi connectivity index (χ2n) is 6.89. The number of pyridine rings is 1. The summed E-state index contributed by atoms with van der Waals surface area (Å²) >= 11 is 0. The second kappa shape index (κ2) is 12.4. The minimum atomic E-state index is -1.26. The lowest BCUT2D eigenvalue weighted by atomic mass is 10.0. The Morgan fingerprint density at radius 2 is 1.53 bits per heavy atom. The van der Waals surface area contributed by atoms with Crippen LogP contribution in [0.5, 0.6) is 0 Å². The van der Waals surface area contributed by atoms with Crippen LogP contribution in [-0.2, 0) is 22.4 Å². The van der Waals surface area contributed by atoms with Gasteiger partial charge in [0, 0.05) is 30.7 Å². The molecule has 0 aliphatic carbocycles. The van der Waals surface area contributed by atoms with Crippen LogP contribution in [0.3, 0.4) is 0 Å². The van der Waals surface area contributed by atoms with E-state index in [4.69, 9.17) is 15.6 Å². The number of hydrogen-bond donors (Lipinski definition) is 4. The summed E-state index contributed by atoms with van der Waals surface area (Å²) in [4.78, 5) is 23.7. The molecule has 7 heteroatoms. The van der Waals surface area contributed by atoms with E-state index in [-0.39, 0.29) is 0 Å². The number of hydrogen-bond acceptors (Lipinski definition) is 4. The van der Waals surface area contributed by atoms with Crippen LogP contribution >= 0.6 is 0 Å². The first-order valence-corrected chi connectivity index (χ1v) is 9.86. The van der Waals surface area contributed by atoms with Gasteiger partial charge in [0.15, 0.2) is 0 Å². The summed E-state index contributed by atoms with van der Waals surface area (Å²) in [6.45, 7) is 2.12. The fraction of sp³-hybridized carbons (Fsp3) is 0.120. The summed E-state index contributed by atoms with van der Waals surface area (Å²) in [6.07, 6.45) is 2.49. The maximum atomic E-state index is 9.55. The molecule has 0 amide bonds. The van der Waals surface area contributed by atoms with Gasteiger partial charge in [-0.2, -0.15) is 0 Å². The minimum absolute atomic E-state index is 0.446. The maximum Gasteiger partial charge on any atom is 0.328 e. The van der Waals surface area contributed by atoms with Crippen molar-refractivity contribution in [3.05, 3.63) is 107 Å². The van der Waals surface area contributed by atoms with Crippen molar-refractivity contribution in [3.63, 3.8) is 0 Å². The van der Waals surface area contributed by atoms with Crippen molar-refractivity contribution in [2.75, 3.05) is 5.32 Å². The van der Waals surface area contributed by atoms with Gasteiger partial charge in [0.1, 0.15) is 11.7 Å². The molecule has 4 N–H and O–H groups in total. The molecule has 1 aromatic heterocycles. The third kappa shape index (κ3) is 9.04. The molecule has 0 saturated carbocycles. The number of nitrogens with one attached hydrogen (secondary N) is 2. The summed E-state index contributed by atoms with van der Waals surface area (Å²) in [5.41, 5.74) is 4.67. The van der Waals surface area contributed by atoms with Gasteiger partial charge in [-0.1, -0.05) is 60.7 Å². The van der Waals surface area contributed by atoms with Crippen LogP contribution in [-0.4, -0.2) is 33.0 Å². The SMILES string of the molecule is Cc1ccccc1Cc1cccc(NC(=N)Cc2ccccc2)n1.O=C(O)/C=C\C(=O)O. The smallest absolute Gasteiger partial charge is 0.328 e. The van der Waals surface area contributed by atoms with Crippen LogP contribution in [0.4, 0.5) is 5.82 Å². The molecule has 0 unspecified atom stereocenters. The maximum absolute atomic E-state index is 9.55. The number of rotatable bonds is 7. The summed E-state index contributed by atoms with van der Waals surface area (Å²) in [6, 6.07) is 24.3. The third-order valence-electron chi connectivity index (χ3n) is 4.31. The molecule has 0 fully saturated rings. The molecule has 7 nitrogen and oxygen atoms in total. The first kappa shape index (κ1) is 24.0. The molecule has 0 bridgehead atoms. The van der Waals surface area contributed by atoms with E-state index in [0.717, 1.165) is 23.5 Å². The lowest BCUT2D eigenvalue weighted by Gasteiger charge is -2.10. The van der Waals surface area contributed by atoms with Gasteiger partial charge in [-0.15, -0.1) is 0 Å². The number of nitrogens with zero attached hydrogens (tertiary/aromatic N) is 1. The number of carboxylic acids is 2. The van der Waals surface area contributed by atoms with E-state index in [1.807, 2.05) is 48.5 Å². The van der Waals surface area contributed by atoms with E-state index in [2.05, 4.69) is 41.5 Å². The number of amidine groups is 1. The Labute approximate surface area is 186 Å². The molecule has 1 heterocycles. The predicted molar refractivity (Wildman–Crippen MR) is 124 cm³/mol. The quantitative estimate of drug-likeness (QED) is 0.251. The molecule has 0 aliphatic heterocycles. The van der Waals surface area contributed by atoms with Gasteiger partial charge in [-0.05, 0) is 35.7 Å². The molecule has 32 heavy (non-hydrogen) atoms. The molecule has 0 spiro atoms. The lowest BCUT2D eigenvalue weighted by molar-refractivity contribution is -0.134. The molecule has 0 saturated heterocycles. The van der Waals surface area contributed by atoms with Gasteiger partial charge < -0.3 is 15.5 Å². The van der Waals surface area contributed by atoms with Crippen LogP contribution in [0, 0.1) is 12.3 Å². The van der Waals surface area contributed by atoms with Crippen molar-refractivity contribution in [2.45, 2.75) is 19.8 Å². The number of carboxylic acid groups (broad SMARTS) is 2. The normalized spacial score (nSPS) is 10.2. The van der Waals surface area contributed by atoms with Crippen molar-refractivity contribution in [1.82, 2.24) is 4.98 Å². The summed E-state index contributed by atoms with van der Waals surface area (Å²) < 4.78 is 0. The molecule has 3 aromatic rings. The monoisotopic (exact) mass is 431 g/mol. The first-order valence-electron chi connectivity index (χ1n) is 9.86. The van der Waals surface area contributed by atoms with E-state index in [9.17, 15) is 9.59 Å². The molecular formula is C25H25N3O4. The van der Waals surface area contributed by atoms with Gasteiger partial charge in [0.25, 0.3) is 0 Å². The Morgan fingerprint density at radius 3 is 2.16 bits per heavy atom. The van der Waals surface area contributed by atoms with Crippen LogP contribution in [0.25, 0.3) is 0 Å². The van der Waals surface area contributed by atoms with E-state index < -0.39 is 11.9 Å². The van der Waals surface area contributed by atoms with Crippen molar-refractivity contribution in [3.8, 4) is 0 Å². The number of anilines is 1. The number of carbonyl (C=O) groups is 2. The van der Waals surface area contributed by atoms with Gasteiger partial charge in [-0.25, -0.2) is 14.6 Å². The van der Waals surface area contributed by atoms with Gasteiger partial charge in [0.2, 0.25) is 0 Å². The standard InChI is InChI=1S/C21H21N3.C4H4O4/c1-16-8-5-6-11-18(16)15-19-12-7-13-21(23-19)24-20(22)14-17-9-3-2-4-10-17;5-3(6)1-2-4(7)8/h2-13H,14-15H2,1H3,(H2,22,23,24);1-2H,(H,5,6)(H,7,8)/b;2-1-. The summed E-state index contributed by atoms with van der Waals surface area (Å²) in [5, 5.41) is 26.9. The highest BCUT2D eigenvalue weighted by molar-refractivity contribution is 5.93.